The lowest BCUT2D eigenvalue weighted by Crippen LogP contribution is -2.17. The molecule has 0 saturated heterocycles. The summed E-state index contributed by atoms with van der Waals surface area (Å²) >= 11 is 3.19. The van der Waals surface area contributed by atoms with Crippen LogP contribution in [0.1, 0.15) is 5.56 Å². The lowest BCUT2D eigenvalue weighted by molar-refractivity contribution is -0.385. The minimum absolute atomic E-state index is 0.0268. The minimum atomic E-state index is -0.446. The summed E-state index contributed by atoms with van der Waals surface area (Å²) in [6.07, 6.45) is 1.58. The fraction of sp³-hybridized carbons (Fsp3) is 0.0714. The molecule has 0 aliphatic heterocycles. The Morgan fingerprint density at radius 1 is 1.29 bits per heavy atom. The van der Waals surface area contributed by atoms with Crippen molar-refractivity contribution in [1.29, 1.82) is 0 Å². The molecule has 0 saturated carbocycles. The number of pyridine rings is 1. The van der Waals surface area contributed by atoms with Gasteiger partial charge in [-0.15, -0.1) is 0 Å². The number of nitrogens with zero attached hydrogens (tertiary/aromatic N) is 2. The van der Waals surface area contributed by atoms with E-state index in [-0.39, 0.29) is 11.2 Å². The maximum Gasteiger partial charge on any atom is 0.272 e. The zero-order valence-electron chi connectivity index (χ0n) is 10.9. The molecule has 0 spiro atoms. The normalized spacial score (nSPS) is 11.0. The van der Waals surface area contributed by atoms with Gasteiger partial charge in [0.25, 0.3) is 11.2 Å². The number of aromatic nitrogens is 1. The molecule has 0 amide bonds. The van der Waals surface area contributed by atoms with Crippen LogP contribution in [0.4, 0.5) is 5.69 Å². The maximum atomic E-state index is 12.4. The highest BCUT2D eigenvalue weighted by atomic mass is 79.9. The van der Waals surface area contributed by atoms with Crippen LogP contribution in [0.15, 0.2) is 50.4 Å². The number of halogens is 1. The molecule has 0 aliphatic rings. The second-order valence-electron chi connectivity index (χ2n) is 4.55. The molecule has 3 rings (SSSR count). The highest BCUT2D eigenvalue weighted by Gasteiger charge is 2.13. The third-order valence-corrected chi connectivity index (χ3v) is 3.60. The Hall–Kier alpha value is -2.41. The van der Waals surface area contributed by atoms with E-state index in [0.717, 1.165) is 0 Å². The monoisotopic (exact) mass is 348 g/mol. The molecular formula is C14H9BrN2O4. The number of hydrogen-bond acceptors (Lipinski definition) is 4. The van der Waals surface area contributed by atoms with E-state index in [1.165, 1.54) is 10.6 Å². The summed E-state index contributed by atoms with van der Waals surface area (Å²) in [4.78, 5) is 22.8. The molecule has 0 radical (unpaired) electrons. The van der Waals surface area contributed by atoms with Crippen LogP contribution in [0.5, 0.6) is 0 Å². The number of rotatable bonds is 2. The third kappa shape index (κ3) is 2.25. The summed E-state index contributed by atoms with van der Waals surface area (Å²) in [5.74, 6) is 0. The van der Waals surface area contributed by atoms with E-state index in [4.69, 9.17) is 4.42 Å². The van der Waals surface area contributed by atoms with Crippen molar-refractivity contribution in [2.24, 2.45) is 0 Å². The SMILES string of the molecule is Cc1cc(-n2ccc3oc(Br)cc3c2=O)ccc1[N+](=O)[O-]. The van der Waals surface area contributed by atoms with E-state index in [0.29, 0.717) is 26.9 Å². The summed E-state index contributed by atoms with van der Waals surface area (Å²) < 4.78 is 7.24. The predicted octanol–water partition coefficient (Wildman–Crippen LogP) is 3.56. The smallest absolute Gasteiger partial charge is 0.272 e. The van der Waals surface area contributed by atoms with Gasteiger partial charge in [-0.25, -0.2) is 0 Å². The van der Waals surface area contributed by atoms with Crippen LogP contribution >= 0.6 is 15.9 Å². The first-order valence-corrected chi connectivity index (χ1v) is 6.83. The molecule has 2 aromatic heterocycles. The van der Waals surface area contributed by atoms with E-state index in [1.54, 1.807) is 37.4 Å². The van der Waals surface area contributed by atoms with E-state index in [1.807, 2.05) is 0 Å². The Morgan fingerprint density at radius 3 is 2.71 bits per heavy atom. The van der Waals surface area contributed by atoms with Crippen molar-refractivity contribution < 1.29 is 9.34 Å². The average Bonchev–Trinajstić information content (AvgIpc) is 2.80. The van der Waals surface area contributed by atoms with Gasteiger partial charge in [0.05, 0.1) is 10.3 Å². The molecule has 0 atom stereocenters. The predicted molar refractivity (Wildman–Crippen MR) is 80.9 cm³/mol. The Kier molecular flexibility index (Phi) is 3.13. The van der Waals surface area contributed by atoms with Gasteiger partial charge < -0.3 is 4.42 Å². The van der Waals surface area contributed by atoms with Gasteiger partial charge in [0.1, 0.15) is 5.58 Å². The van der Waals surface area contributed by atoms with Crippen LogP contribution in [0, 0.1) is 17.0 Å². The van der Waals surface area contributed by atoms with Gasteiger partial charge in [-0.3, -0.25) is 19.5 Å². The molecule has 21 heavy (non-hydrogen) atoms. The molecule has 0 fully saturated rings. The van der Waals surface area contributed by atoms with E-state index < -0.39 is 4.92 Å². The molecule has 0 bridgehead atoms. The molecule has 106 valence electrons. The lowest BCUT2D eigenvalue weighted by atomic mass is 10.1. The zero-order chi connectivity index (χ0) is 15.1. The highest BCUT2D eigenvalue weighted by molar-refractivity contribution is 9.10. The molecule has 7 heteroatoms. The minimum Gasteiger partial charge on any atom is -0.449 e. The fourth-order valence-electron chi connectivity index (χ4n) is 2.20. The Balaban J connectivity index is 2.21. The van der Waals surface area contributed by atoms with Gasteiger partial charge in [0, 0.05) is 29.6 Å². The highest BCUT2D eigenvalue weighted by Crippen LogP contribution is 2.23. The number of furan rings is 1. The van der Waals surface area contributed by atoms with Crippen molar-refractivity contribution >= 4 is 32.6 Å². The van der Waals surface area contributed by atoms with Gasteiger partial charge in [-0.1, -0.05) is 0 Å². The average molecular weight is 349 g/mol. The number of nitro benzene ring substituents is 1. The number of benzene rings is 1. The summed E-state index contributed by atoms with van der Waals surface area (Å²) in [5, 5.41) is 11.3. The fourth-order valence-corrected chi connectivity index (χ4v) is 2.61. The second-order valence-corrected chi connectivity index (χ2v) is 5.33. The standard InChI is InChI=1S/C14H9BrN2O4/c1-8-6-9(2-3-11(8)17(19)20)16-5-4-12-10(14(16)18)7-13(15)21-12/h2-7H,1H3. The van der Waals surface area contributed by atoms with Crippen molar-refractivity contribution in [2.75, 3.05) is 0 Å². The molecule has 6 nitrogen and oxygen atoms in total. The third-order valence-electron chi connectivity index (χ3n) is 3.21. The van der Waals surface area contributed by atoms with Gasteiger partial charge in [-0.2, -0.15) is 0 Å². The topological polar surface area (TPSA) is 78.3 Å². The first kappa shape index (κ1) is 13.6. The van der Waals surface area contributed by atoms with Gasteiger partial charge >= 0.3 is 0 Å². The maximum absolute atomic E-state index is 12.4. The Morgan fingerprint density at radius 2 is 2.05 bits per heavy atom. The largest absolute Gasteiger partial charge is 0.449 e. The van der Waals surface area contributed by atoms with Gasteiger partial charge in [-0.05, 0) is 41.1 Å². The molecule has 0 N–H and O–H groups in total. The van der Waals surface area contributed by atoms with Crippen molar-refractivity contribution in [3.05, 3.63) is 67.2 Å². The van der Waals surface area contributed by atoms with Crippen molar-refractivity contribution in [1.82, 2.24) is 4.57 Å². The molecule has 0 unspecified atom stereocenters. The molecular weight excluding hydrogens is 340 g/mol. The Bertz CT molecular complexity index is 926. The van der Waals surface area contributed by atoms with Gasteiger partial charge in [0.2, 0.25) is 0 Å². The van der Waals surface area contributed by atoms with Crippen LogP contribution < -0.4 is 5.56 Å². The number of aryl methyl sites for hydroxylation is 1. The van der Waals surface area contributed by atoms with Gasteiger partial charge in [0.15, 0.2) is 4.67 Å². The lowest BCUT2D eigenvalue weighted by Gasteiger charge is -2.06. The van der Waals surface area contributed by atoms with Crippen LogP contribution in [0.3, 0.4) is 0 Å². The molecule has 3 aromatic rings. The summed E-state index contributed by atoms with van der Waals surface area (Å²) in [6, 6.07) is 7.84. The van der Waals surface area contributed by atoms with Crippen LogP contribution in [0.2, 0.25) is 0 Å². The number of nitro groups is 1. The summed E-state index contributed by atoms with van der Waals surface area (Å²) in [5.41, 5.74) is 1.34. The first-order chi connectivity index (χ1) is 9.97. The van der Waals surface area contributed by atoms with E-state index in [2.05, 4.69) is 15.9 Å². The summed E-state index contributed by atoms with van der Waals surface area (Å²) in [7, 11) is 0. The number of hydrogen-bond donors (Lipinski definition) is 0. The second kappa shape index (κ2) is 4.85. The van der Waals surface area contributed by atoms with Crippen molar-refractivity contribution in [3.8, 4) is 5.69 Å². The zero-order valence-corrected chi connectivity index (χ0v) is 12.5. The van der Waals surface area contributed by atoms with Crippen LogP contribution in [0.25, 0.3) is 16.7 Å². The van der Waals surface area contributed by atoms with Crippen LogP contribution in [-0.2, 0) is 0 Å². The number of fused-ring (bicyclic) bond motifs is 1. The van der Waals surface area contributed by atoms with Crippen molar-refractivity contribution in [2.45, 2.75) is 6.92 Å². The molecule has 1 aromatic carbocycles. The summed E-state index contributed by atoms with van der Waals surface area (Å²) in [6.45, 7) is 1.64. The molecule has 2 heterocycles. The first-order valence-electron chi connectivity index (χ1n) is 6.03. The quantitative estimate of drug-likeness (QED) is 0.523. The molecule has 0 aliphatic carbocycles. The van der Waals surface area contributed by atoms with Crippen LogP contribution in [-0.4, -0.2) is 9.49 Å². The van der Waals surface area contributed by atoms with E-state index in [9.17, 15) is 14.9 Å². The van der Waals surface area contributed by atoms with E-state index >= 15 is 0 Å². The Labute approximate surface area is 126 Å². The van der Waals surface area contributed by atoms with Crippen molar-refractivity contribution in [3.63, 3.8) is 0 Å².